The van der Waals surface area contributed by atoms with E-state index in [4.69, 9.17) is 0 Å². The molecule has 19 heavy (non-hydrogen) atoms. The summed E-state index contributed by atoms with van der Waals surface area (Å²) in [6, 6.07) is 8.67. The molecule has 0 aliphatic rings. The molecule has 1 heterocycles. The Hall–Kier alpha value is -1.86. The van der Waals surface area contributed by atoms with Crippen LogP contribution in [0.15, 0.2) is 35.7 Å². The maximum atomic E-state index is 11.4. The summed E-state index contributed by atoms with van der Waals surface area (Å²) >= 11 is 1.28. The lowest BCUT2D eigenvalue weighted by Gasteiger charge is -2.02. The van der Waals surface area contributed by atoms with E-state index in [1.165, 1.54) is 18.4 Å². The molecule has 0 spiro atoms. The lowest BCUT2D eigenvalue weighted by atomic mass is 10.1. The molecule has 0 aliphatic carbocycles. The molecule has 0 fully saturated rings. The van der Waals surface area contributed by atoms with E-state index in [-0.39, 0.29) is 0 Å². The fourth-order valence-electron chi connectivity index (χ4n) is 1.58. The number of benzene rings is 1. The molecule has 0 saturated carbocycles. The molecule has 1 aromatic carbocycles. The largest absolute Gasteiger partial charge is 0.465 e. The minimum atomic E-state index is -2.67. The molecule has 0 aliphatic heterocycles. The molecule has 0 bridgehead atoms. The first-order chi connectivity index (χ1) is 9.10. The van der Waals surface area contributed by atoms with E-state index in [0.717, 1.165) is 11.1 Å². The Morgan fingerprint density at radius 1 is 1.26 bits per heavy atom. The highest BCUT2D eigenvalue weighted by atomic mass is 32.2. The van der Waals surface area contributed by atoms with Gasteiger partial charge in [-0.25, -0.2) is 13.2 Å². The normalized spacial score (nSPS) is 10.4. The molecule has 5 nitrogen and oxygen atoms in total. The van der Waals surface area contributed by atoms with Crippen LogP contribution in [0.4, 0.5) is 5.00 Å². The van der Waals surface area contributed by atoms with E-state index in [9.17, 15) is 13.2 Å². The third-order valence-electron chi connectivity index (χ3n) is 2.42. The van der Waals surface area contributed by atoms with Crippen LogP contribution in [0, 0.1) is 0 Å². The third kappa shape index (κ3) is 3.33. The molecule has 2 aromatic rings. The Morgan fingerprint density at radius 2 is 2.05 bits per heavy atom. The summed E-state index contributed by atoms with van der Waals surface area (Å²) in [5.41, 5.74) is 2.12. The van der Waals surface area contributed by atoms with Crippen molar-refractivity contribution in [2.24, 2.45) is 0 Å². The quantitative estimate of drug-likeness (QED) is 0.670. The Balaban J connectivity index is 2.31. The molecule has 100 valence electrons. The number of esters is 1. The van der Waals surface area contributed by atoms with Crippen molar-refractivity contribution in [3.63, 3.8) is 0 Å². The number of rotatable bonds is 4. The van der Waals surface area contributed by atoms with Gasteiger partial charge in [0.15, 0.2) is 0 Å². The highest BCUT2D eigenvalue weighted by molar-refractivity contribution is 7.74. The van der Waals surface area contributed by atoms with Gasteiger partial charge in [0.1, 0.15) is 5.00 Å². The standard InChI is InChI=1S/C12H11NO4S2/c1-17-12(14)9-4-2-3-8(5-9)10-6-11(18-7-10)13-19(15)16/h2-7,19H,1H3,(H,13,15,16). The molecular formula is C12H11NO4S2. The molecular weight excluding hydrogens is 286 g/mol. The van der Waals surface area contributed by atoms with Crippen LogP contribution in [-0.4, -0.2) is 21.5 Å². The molecule has 7 heteroatoms. The van der Waals surface area contributed by atoms with Gasteiger partial charge in [0.2, 0.25) is 10.9 Å². The number of thiol groups is 1. The zero-order valence-corrected chi connectivity index (χ0v) is 11.7. The summed E-state index contributed by atoms with van der Waals surface area (Å²) in [4.78, 5) is 11.4. The van der Waals surface area contributed by atoms with Gasteiger partial charge < -0.3 is 4.74 Å². The monoisotopic (exact) mass is 297 g/mol. The van der Waals surface area contributed by atoms with Gasteiger partial charge in [-0.3, -0.25) is 4.72 Å². The molecule has 0 radical (unpaired) electrons. The van der Waals surface area contributed by atoms with Crippen molar-refractivity contribution in [3.05, 3.63) is 41.3 Å². The predicted molar refractivity (Wildman–Crippen MR) is 75.0 cm³/mol. The molecule has 1 N–H and O–H groups in total. The zero-order valence-electron chi connectivity index (χ0n) is 9.95. The molecule has 2 rings (SSSR count). The topological polar surface area (TPSA) is 72.5 Å². The number of hydrogen-bond donors (Lipinski definition) is 2. The van der Waals surface area contributed by atoms with Crippen LogP contribution in [-0.2, 0) is 15.6 Å². The van der Waals surface area contributed by atoms with Gasteiger partial charge in [-0.2, -0.15) is 0 Å². The highest BCUT2D eigenvalue weighted by Crippen LogP contribution is 2.29. The van der Waals surface area contributed by atoms with Crippen LogP contribution in [0.5, 0.6) is 0 Å². The van der Waals surface area contributed by atoms with Gasteiger partial charge in [-0.05, 0) is 29.3 Å². The van der Waals surface area contributed by atoms with Crippen molar-refractivity contribution < 1.29 is 17.9 Å². The Bertz CT molecular complexity index is 668. The molecule has 1 aromatic heterocycles. The molecule has 0 amide bonds. The Labute approximate surface area is 115 Å². The SMILES string of the molecule is COC(=O)c1cccc(-c2csc(N[SH](=O)=O)c2)c1. The number of thiophene rings is 1. The van der Waals surface area contributed by atoms with Gasteiger partial charge in [0.05, 0.1) is 12.7 Å². The first-order valence-corrected chi connectivity index (χ1v) is 7.34. The van der Waals surface area contributed by atoms with Crippen LogP contribution in [0.25, 0.3) is 11.1 Å². The van der Waals surface area contributed by atoms with Crippen LogP contribution < -0.4 is 4.72 Å². The van der Waals surface area contributed by atoms with Crippen molar-refractivity contribution in [2.45, 2.75) is 0 Å². The Kier molecular flexibility index (Phi) is 4.18. The predicted octanol–water partition coefficient (Wildman–Crippen LogP) is 2.14. The lowest BCUT2D eigenvalue weighted by Crippen LogP contribution is -2.00. The van der Waals surface area contributed by atoms with Gasteiger partial charge in [0, 0.05) is 5.38 Å². The molecule has 0 saturated heterocycles. The lowest BCUT2D eigenvalue weighted by molar-refractivity contribution is 0.0601. The van der Waals surface area contributed by atoms with E-state index >= 15 is 0 Å². The highest BCUT2D eigenvalue weighted by Gasteiger charge is 2.08. The van der Waals surface area contributed by atoms with Crippen molar-refractivity contribution in [3.8, 4) is 11.1 Å². The number of ether oxygens (including phenoxy) is 1. The number of hydrogen-bond acceptors (Lipinski definition) is 5. The Morgan fingerprint density at radius 3 is 2.74 bits per heavy atom. The number of methoxy groups -OCH3 is 1. The summed E-state index contributed by atoms with van der Waals surface area (Å²) < 4.78 is 28.1. The van der Waals surface area contributed by atoms with E-state index in [2.05, 4.69) is 9.46 Å². The number of carbonyl (C=O) groups excluding carboxylic acids is 1. The summed E-state index contributed by atoms with van der Waals surface area (Å²) in [6.07, 6.45) is 0. The van der Waals surface area contributed by atoms with Crippen LogP contribution in [0.2, 0.25) is 0 Å². The van der Waals surface area contributed by atoms with Gasteiger partial charge >= 0.3 is 5.97 Å². The van der Waals surface area contributed by atoms with Crippen LogP contribution in [0.3, 0.4) is 0 Å². The fourth-order valence-corrected chi connectivity index (χ4v) is 2.91. The van der Waals surface area contributed by atoms with E-state index in [1.54, 1.807) is 24.3 Å². The number of anilines is 1. The van der Waals surface area contributed by atoms with Crippen molar-refractivity contribution in [1.82, 2.24) is 0 Å². The summed E-state index contributed by atoms with van der Waals surface area (Å²) in [7, 11) is -1.34. The van der Waals surface area contributed by atoms with Crippen molar-refractivity contribution >= 4 is 33.2 Å². The second-order valence-corrected chi connectivity index (χ2v) is 5.29. The van der Waals surface area contributed by atoms with E-state index < -0.39 is 16.9 Å². The van der Waals surface area contributed by atoms with E-state index in [1.807, 2.05) is 11.4 Å². The molecule has 0 atom stereocenters. The second kappa shape index (κ2) is 5.85. The zero-order chi connectivity index (χ0) is 13.8. The van der Waals surface area contributed by atoms with Crippen LogP contribution >= 0.6 is 11.3 Å². The average Bonchev–Trinajstić information content (AvgIpc) is 2.85. The van der Waals surface area contributed by atoms with Crippen molar-refractivity contribution in [2.75, 3.05) is 11.8 Å². The summed E-state index contributed by atoms with van der Waals surface area (Å²) in [6.45, 7) is 0. The maximum absolute atomic E-state index is 11.4. The summed E-state index contributed by atoms with van der Waals surface area (Å²) in [5, 5.41) is 2.35. The van der Waals surface area contributed by atoms with Gasteiger partial charge in [-0.1, -0.05) is 12.1 Å². The van der Waals surface area contributed by atoms with Gasteiger partial charge in [0.25, 0.3) is 0 Å². The molecule has 0 unspecified atom stereocenters. The fraction of sp³-hybridized carbons (Fsp3) is 0.0833. The smallest absolute Gasteiger partial charge is 0.337 e. The second-order valence-electron chi connectivity index (χ2n) is 3.64. The number of carbonyl (C=O) groups is 1. The van der Waals surface area contributed by atoms with Gasteiger partial charge in [-0.15, -0.1) is 11.3 Å². The van der Waals surface area contributed by atoms with Crippen molar-refractivity contribution in [1.29, 1.82) is 0 Å². The third-order valence-corrected chi connectivity index (χ3v) is 3.84. The first kappa shape index (κ1) is 13.6. The minimum Gasteiger partial charge on any atom is -0.465 e. The van der Waals surface area contributed by atoms with E-state index in [0.29, 0.717) is 10.6 Å². The number of nitrogens with one attached hydrogen (secondary N) is 1. The average molecular weight is 297 g/mol. The maximum Gasteiger partial charge on any atom is 0.337 e. The summed E-state index contributed by atoms with van der Waals surface area (Å²) in [5.74, 6) is -0.405. The minimum absolute atomic E-state index is 0.405. The first-order valence-electron chi connectivity index (χ1n) is 5.28. The van der Waals surface area contributed by atoms with Crippen LogP contribution in [0.1, 0.15) is 10.4 Å².